The second-order valence-corrected chi connectivity index (χ2v) is 8.13. The van der Waals surface area contributed by atoms with Crippen molar-refractivity contribution in [2.75, 3.05) is 66.6 Å². The predicted molar refractivity (Wildman–Crippen MR) is 128 cm³/mol. The van der Waals surface area contributed by atoms with Crippen molar-refractivity contribution in [1.29, 1.82) is 0 Å². The van der Waals surface area contributed by atoms with E-state index in [4.69, 9.17) is 9.47 Å². The standard InChI is InChI=1S/C21H42N4O2.HI/c1-19-8-6-13-24(18-19)12-5-4-11-23-21(22-2)25-14-9-20(10-15-25)27-17-7-16-26-3;/h19-20H,4-18H2,1-3H3,(H,22,23);1H. The average molecular weight is 511 g/mol. The van der Waals surface area contributed by atoms with Gasteiger partial charge in [0.2, 0.25) is 0 Å². The molecule has 28 heavy (non-hydrogen) atoms. The van der Waals surface area contributed by atoms with E-state index in [1.54, 1.807) is 7.11 Å². The first-order chi connectivity index (χ1) is 13.2. The zero-order chi connectivity index (χ0) is 19.3. The Balaban J connectivity index is 0.00000392. The number of piperidine rings is 2. The Hall–Kier alpha value is -0.120. The Kier molecular flexibility index (Phi) is 14.5. The molecule has 2 fully saturated rings. The molecule has 0 spiro atoms. The molecule has 0 saturated carbocycles. The Morgan fingerprint density at radius 2 is 1.86 bits per heavy atom. The minimum atomic E-state index is 0. The van der Waals surface area contributed by atoms with Crippen LogP contribution in [0.1, 0.15) is 51.9 Å². The summed E-state index contributed by atoms with van der Waals surface area (Å²) in [6.07, 6.45) is 8.80. The highest BCUT2D eigenvalue weighted by Gasteiger charge is 2.21. The minimum absolute atomic E-state index is 0. The third-order valence-corrected chi connectivity index (χ3v) is 5.73. The molecule has 6 nitrogen and oxygen atoms in total. The lowest BCUT2D eigenvalue weighted by Crippen LogP contribution is -2.47. The number of unbranched alkanes of at least 4 members (excludes halogenated alkanes) is 1. The van der Waals surface area contributed by atoms with Crippen LogP contribution in [-0.4, -0.2) is 88.5 Å². The van der Waals surface area contributed by atoms with Gasteiger partial charge >= 0.3 is 0 Å². The van der Waals surface area contributed by atoms with Gasteiger partial charge in [0.15, 0.2) is 5.96 Å². The fourth-order valence-electron chi connectivity index (χ4n) is 4.17. The summed E-state index contributed by atoms with van der Waals surface area (Å²) in [4.78, 5) is 9.50. The molecular weight excluding hydrogens is 467 g/mol. The van der Waals surface area contributed by atoms with Gasteiger partial charge in [0.05, 0.1) is 6.10 Å². The summed E-state index contributed by atoms with van der Waals surface area (Å²) in [7, 11) is 3.63. The number of nitrogens with zero attached hydrogens (tertiary/aromatic N) is 3. The van der Waals surface area contributed by atoms with Gasteiger partial charge in [-0.15, -0.1) is 24.0 Å². The second-order valence-electron chi connectivity index (χ2n) is 8.13. The molecule has 0 radical (unpaired) electrons. The van der Waals surface area contributed by atoms with E-state index in [0.717, 1.165) is 64.0 Å². The maximum atomic E-state index is 5.95. The van der Waals surface area contributed by atoms with Gasteiger partial charge in [-0.25, -0.2) is 0 Å². The Labute approximate surface area is 189 Å². The smallest absolute Gasteiger partial charge is 0.193 e. The van der Waals surface area contributed by atoms with E-state index in [0.29, 0.717) is 6.10 Å². The fraction of sp³-hybridized carbons (Fsp3) is 0.952. The van der Waals surface area contributed by atoms with Crippen LogP contribution in [0.3, 0.4) is 0 Å². The fourth-order valence-corrected chi connectivity index (χ4v) is 4.17. The summed E-state index contributed by atoms with van der Waals surface area (Å²) in [6.45, 7) is 10.9. The van der Waals surface area contributed by atoms with Crippen LogP contribution >= 0.6 is 24.0 Å². The first kappa shape index (κ1) is 25.9. The van der Waals surface area contributed by atoms with Gasteiger partial charge in [0, 0.05) is 53.6 Å². The third-order valence-electron chi connectivity index (χ3n) is 5.73. The number of aliphatic imine (C=N–C) groups is 1. The summed E-state index contributed by atoms with van der Waals surface area (Å²) in [6, 6.07) is 0. The second kappa shape index (κ2) is 15.7. The summed E-state index contributed by atoms with van der Waals surface area (Å²) < 4.78 is 11.0. The summed E-state index contributed by atoms with van der Waals surface area (Å²) >= 11 is 0. The molecule has 0 bridgehead atoms. The van der Waals surface area contributed by atoms with E-state index in [9.17, 15) is 0 Å². The van der Waals surface area contributed by atoms with Gasteiger partial charge in [-0.3, -0.25) is 4.99 Å². The molecule has 0 aromatic heterocycles. The zero-order valence-electron chi connectivity index (χ0n) is 18.3. The Bertz CT molecular complexity index is 417. The lowest BCUT2D eigenvalue weighted by Gasteiger charge is -2.34. The third kappa shape index (κ3) is 10.1. The molecule has 2 rings (SSSR count). The summed E-state index contributed by atoms with van der Waals surface area (Å²) in [5.41, 5.74) is 0. The van der Waals surface area contributed by atoms with Gasteiger partial charge in [0.25, 0.3) is 0 Å². The highest BCUT2D eigenvalue weighted by Crippen LogP contribution is 2.16. The van der Waals surface area contributed by atoms with Crippen molar-refractivity contribution < 1.29 is 9.47 Å². The number of nitrogens with one attached hydrogen (secondary N) is 1. The van der Waals surface area contributed by atoms with Crippen LogP contribution in [0.15, 0.2) is 4.99 Å². The molecule has 7 heteroatoms. The van der Waals surface area contributed by atoms with Crippen molar-refractivity contribution in [2.24, 2.45) is 10.9 Å². The molecule has 0 aliphatic carbocycles. The highest BCUT2D eigenvalue weighted by atomic mass is 127. The molecule has 2 heterocycles. The number of rotatable bonds is 10. The molecule has 1 unspecified atom stereocenters. The molecular formula is C21H43IN4O2. The topological polar surface area (TPSA) is 49.3 Å². The van der Waals surface area contributed by atoms with Gasteiger partial charge in [-0.1, -0.05) is 6.92 Å². The van der Waals surface area contributed by atoms with Crippen molar-refractivity contribution in [3.05, 3.63) is 0 Å². The van der Waals surface area contributed by atoms with Gasteiger partial charge in [-0.2, -0.15) is 0 Å². The lowest BCUT2D eigenvalue weighted by molar-refractivity contribution is 0.00991. The van der Waals surface area contributed by atoms with E-state index in [2.05, 4.69) is 27.0 Å². The zero-order valence-corrected chi connectivity index (χ0v) is 20.7. The molecule has 1 N–H and O–H groups in total. The SMILES string of the molecule is CN=C(NCCCCN1CCCC(C)C1)N1CCC(OCCCOC)CC1.I. The van der Waals surface area contributed by atoms with Crippen molar-refractivity contribution in [2.45, 2.75) is 58.0 Å². The first-order valence-corrected chi connectivity index (χ1v) is 11.0. The maximum Gasteiger partial charge on any atom is 0.193 e. The number of guanidine groups is 1. The van der Waals surface area contributed by atoms with Crippen LogP contribution in [0, 0.1) is 5.92 Å². The van der Waals surface area contributed by atoms with E-state index in [-0.39, 0.29) is 24.0 Å². The van der Waals surface area contributed by atoms with Crippen LogP contribution < -0.4 is 5.32 Å². The number of ether oxygens (including phenoxy) is 2. The molecule has 0 aromatic carbocycles. The van der Waals surface area contributed by atoms with Crippen LogP contribution in [-0.2, 0) is 9.47 Å². The first-order valence-electron chi connectivity index (χ1n) is 11.0. The van der Waals surface area contributed by atoms with E-state index in [1.807, 2.05) is 7.05 Å². The van der Waals surface area contributed by atoms with Crippen molar-refractivity contribution in [3.8, 4) is 0 Å². The molecule has 0 amide bonds. The maximum absolute atomic E-state index is 5.95. The number of halogens is 1. The minimum Gasteiger partial charge on any atom is -0.385 e. The largest absolute Gasteiger partial charge is 0.385 e. The van der Waals surface area contributed by atoms with E-state index in [1.165, 1.54) is 45.3 Å². The molecule has 0 aromatic rings. The Morgan fingerprint density at radius 1 is 1.07 bits per heavy atom. The van der Waals surface area contributed by atoms with Gasteiger partial charge < -0.3 is 24.6 Å². The van der Waals surface area contributed by atoms with Crippen LogP contribution in [0.5, 0.6) is 0 Å². The normalized spacial score (nSPS) is 22.2. The van der Waals surface area contributed by atoms with E-state index < -0.39 is 0 Å². The molecule has 2 saturated heterocycles. The summed E-state index contributed by atoms with van der Waals surface area (Å²) in [5.74, 6) is 1.93. The number of methoxy groups -OCH3 is 1. The quantitative estimate of drug-likeness (QED) is 0.212. The van der Waals surface area contributed by atoms with Crippen molar-refractivity contribution in [1.82, 2.24) is 15.1 Å². The molecule has 166 valence electrons. The van der Waals surface area contributed by atoms with Crippen molar-refractivity contribution in [3.63, 3.8) is 0 Å². The van der Waals surface area contributed by atoms with Crippen molar-refractivity contribution >= 4 is 29.9 Å². The van der Waals surface area contributed by atoms with Gasteiger partial charge in [-0.05, 0) is 64.0 Å². The molecule has 2 aliphatic rings. The molecule has 2 aliphatic heterocycles. The molecule has 1 atom stereocenters. The van der Waals surface area contributed by atoms with Gasteiger partial charge in [0.1, 0.15) is 0 Å². The van der Waals surface area contributed by atoms with E-state index >= 15 is 0 Å². The Morgan fingerprint density at radius 3 is 2.54 bits per heavy atom. The van der Waals surface area contributed by atoms with Crippen LogP contribution in [0.2, 0.25) is 0 Å². The average Bonchev–Trinajstić information content (AvgIpc) is 2.69. The van der Waals surface area contributed by atoms with Crippen LogP contribution in [0.25, 0.3) is 0 Å². The number of likely N-dealkylation sites (tertiary alicyclic amines) is 2. The number of hydrogen-bond acceptors (Lipinski definition) is 4. The summed E-state index contributed by atoms with van der Waals surface area (Å²) in [5, 5.41) is 3.56. The number of hydrogen-bond donors (Lipinski definition) is 1. The monoisotopic (exact) mass is 510 g/mol. The van der Waals surface area contributed by atoms with Crippen LogP contribution in [0.4, 0.5) is 0 Å². The lowest BCUT2D eigenvalue weighted by atomic mass is 10.0. The highest BCUT2D eigenvalue weighted by molar-refractivity contribution is 14.0. The predicted octanol–water partition coefficient (Wildman–Crippen LogP) is 3.21.